The molecule has 0 radical (unpaired) electrons. The lowest BCUT2D eigenvalue weighted by atomic mass is 10.00. The van der Waals surface area contributed by atoms with E-state index < -0.39 is 11.1 Å². The summed E-state index contributed by atoms with van der Waals surface area (Å²) < 4.78 is 38.2. The van der Waals surface area contributed by atoms with Crippen LogP contribution in [0.25, 0.3) is 0 Å². The van der Waals surface area contributed by atoms with Gasteiger partial charge < -0.3 is 5.32 Å². The van der Waals surface area contributed by atoms with Crippen LogP contribution in [0.2, 0.25) is 0 Å². The van der Waals surface area contributed by atoms with Crippen molar-refractivity contribution in [1.29, 1.82) is 5.26 Å². The molecule has 0 fully saturated rings. The highest BCUT2D eigenvalue weighted by molar-refractivity contribution is 7.12. The first-order chi connectivity index (χ1) is 11.8. The highest BCUT2D eigenvalue weighted by Crippen LogP contribution is 2.36. The van der Waals surface area contributed by atoms with E-state index in [1.54, 1.807) is 6.08 Å². The Morgan fingerprint density at radius 2 is 2.20 bits per heavy atom. The van der Waals surface area contributed by atoms with Crippen molar-refractivity contribution in [2.24, 2.45) is 0 Å². The summed E-state index contributed by atoms with van der Waals surface area (Å²) in [5, 5.41) is 12.8. The van der Waals surface area contributed by atoms with Gasteiger partial charge >= 0.3 is 6.18 Å². The molecule has 2 heterocycles. The Balaban J connectivity index is 2.21. The number of nitriles is 1. The summed E-state index contributed by atoms with van der Waals surface area (Å²) in [6, 6.07) is 4.83. The Morgan fingerprint density at radius 3 is 2.80 bits per heavy atom. The molecule has 0 aromatic carbocycles. The molecule has 2 rings (SSSR count). The van der Waals surface area contributed by atoms with E-state index >= 15 is 0 Å². The molecule has 1 aromatic rings. The normalized spacial score (nSPS) is 17.9. The lowest BCUT2D eigenvalue weighted by Crippen LogP contribution is -2.12. The van der Waals surface area contributed by atoms with Gasteiger partial charge in [0.25, 0.3) is 0 Å². The van der Waals surface area contributed by atoms with E-state index in [1.807, 2.05) is 19.1 Å². The lowest BCUT2D eigenvalue weighted by Gasteiger charge is -2.05. The van der Waals surface area contributed by atoms with Crippen molar-refractivity contribution in [2.75, 3.05) is 6.54 Å². The van der Waals surface area contributed by atoms with Crippen LogP contribution in [-0.2, 0) is 12.6 Å². The number of hydrogen-bond donors (Lipinski definition) is 1. The smallest absolute Gasteiger partial charge is 0.388 e. The average molecular weight is 364 g/mol. The Labute approximate surface area is 149 Å². The van der Waals surface area contributed by atoms with Gasteiger partial charge in [0, 0.05) is 35.5 Å². The third kappa shape index (κ3) is 5.36. The molecule has 1 aliphatic heterocycles. The third-order valence-corrected chi connectivity index (χ3v) is 5.04. The fourth-order valence-corrected chi connectivity index (χ4v) is 3.39. The quantitative estimate of drug-likeness (QED) is 0.713. The van der Waals surface area contributed by atoms with E-state index in [9.17, 15) is 18.4 Å². The fraction of sp³-hybridized carbons (Fsp3) is 0.316. The minimum Gasteiger partial charge on any atom is -0.388 e. The molecule has 0 atom stereocenters. The Morgan fingerprint density at radius 1 is 1.44 bits per heavy atom. The third-order valence-electron chi connectivity index (χ3n) is 3.91. The van der Waals surface area contributed by atoms with Gasteiger partial charge in [-0.15, -0.1) is 11.3 Å². The van der Waals surface area contributed by atoms with Gasteiger partial charge in [-0.1, -0.05) is 24.3 Å². The van der Waals surface area contributed by atoms with E-state index in [4.69, 9.17) is 0 Å². The van der Waals surface area contributed by atoms with Crippen LogP contribution in [0.3, 0.4) is 0 Å². The molecule has 0 bridgehead atoms. The summed E-state index contributed by atoms with van der Waals surface area (Å²) in [4.78, 5) is 0.0314. The summed E-state index contributed by atoms with van der Waals surface area (Å²) in [5.41, 5.74) is 3.47. The minimum atomic E-state index is -4.31. The zero-order valence-corrected chi connectivity index (χ0v) is 14.7. The summed E-state index contributed by atoms with van der Waals surface area (Å²) in [7, 11) is 0. The molecular formula is C19H19F3N2S. The summed E-state index contributed by atoms with van der Waals surface area (Å²) in [5.74, 6) is 0. The van der Waals surface area contributed by atoms with Crippen LogP contribution in [0.15, 0.2) is 59.4 Å². The second kappa shape index (κ2) is 8.21. The fourth-order valence-electron chi connectivity index (χ4n) is 2.47. The summed E-state index contributed by atoms with van der Waals surface area (Å²) >= 11 is 0.747. The van der Waals surface area contributed by atoms with E-state index in [2.05, 4.69) is 18.0 Å². The molecular weight excluding hydrogens is 345 g/mol. The first-order valence-corrected chi connectivity index (χ1v) is 8.65. The van der Waals surface area contributed by atoms with Crippen LogP contribution >= 0.6 is 11.3 Å². The van der Waals surface area contributed by atoms with Crippen molar-refractivity contribution in [2.45, 2.75) is 32.4 Å². The molecule has 132 valence electrons. The highest BCUT2D eigenvalue weighted by atomic mass is 32.1. The highest BCUT2D eigenvalue weighted by Gasteiger charge is 2.32. The van der Waals surface area contributed by atoms with Gasteiger partial charge in [0.15, 0.2) is 0 Å². The molecule has 0 saturated heterocycles. The number of rotatable bonds is 4. The van der Waals surface area contributed by atoms with Gasteiger partial charge in [0.05, 0.1) is 6.07 Å². The SMILES string of the molecule is C=C/C(C)=C\C=C1/CC(C#N)=C(Cc2ccc(C(F)(F)F)s2)CCN1. The van der Waals surface area contributed by atoms with Crippen molar-refractivity contribution in [3.63, 3.8) is 0 Å². The topological polar surface area (TPSA) is 35.8 Å². The van der Waals surface area contributed by atoms with Crippen LogP contribution in [0.4, 0.5) is 13.2 Å². The van der Waals surface area contributed by atoms with Crippen molar-refractivity contribution >= 4 is 11.3 Å². The Bertz CT molecular complexity index is 773. The molecule has 0 spiro atoms. The predicted molar refractivity (Wildman–Crippen MR) is 94.9 cm³/mol. The number of alkyl halides is 3. The Hall–Kier alpha value is -2.26. The summed E-state index contributed by atoms with van der Waals surface area (Å²) in [6.45, 7) is 6.28. The minimum absolute atomic E-state index is 0.389. The first kappa shape index (κ1) is 19.1. The molecule has 6 heteroatoms. The predicted octanol–water partition coefficient (Wildman–Crippen LogP) is 5.53. The monoisotopic (exact) mass is 364 g/mol. The number of hydrogen-bond acceptors (Lipinski definition) is 3. The lowest BCUT2D eigenvalue weighted by molar-refractivity contribution is -0.134. The van der Waals surface area contributed by atoms with Gasteiger partial charge in [-0.2, -0.15) is 18.4 Å². The molecule has 2 nitrogen and oxygen atoms in total. The number of allylic oxidation sites excluding steroid dienone is 5. The number of halogens is 3. The van der Waals surface area contributed by atoms with Gasteiger partial charge in [-0.25, -0.2) is 0 Å². The number of nitrogens with one attached hydrogen (secondary N) is 1. The number of thiophene rings is 1. The van der Waals surface area contributed by atoms with E-state index in [0.717, 1.165) is 34.2 Å². The molecule has 1 aliphatic rings. The van der Waals surface area contributed by atoms with Gasteiger partial charge in [-0.3, -0.25) is 0 Å². The molecule has 25 heavy (non-hydrogen) atoms. The zero-order valence-electron chi connectivity index (χ0n) is 13.9. The first-order valence-electron chi connectivity index (χ1n) is 7.84. The van der Waals surface area contributed by atoms with Crippen molar-refractivity contribution < 1.29 is 13.2 Å². The largest absolute Gasteiger partial charge is 0.425 e. The van der Waals surface area contributed by atoms with Gasteiger partial charge in [0.1, 0.15) is 4.88 Å². The Kier molecular flexibility index (Phi) is 6.27. The van der Waals surface area contributed by atoms with E-state index in [1.165, 1.54) is 6.07 Å². The van der Waals surface area contributed by atoms with Crippen LogP contribution in [0, 0.1) is 11.3 Å². The van der Waals surface area contributed by atoms with Gasteiger partial charge in [0.2, 0.25) is 0 Å². The molecule has 1 aromatic heterocycles. The molecule has 1 N–H and O–H groups in total. The van der Waals surface area contributed by atoms with E-state index in [-0.39, 0.29) is 0 Å². The molecule has 0 aliphatic carbocycles. The summed E-state index contributed by atoms with van der Waals surface area (Å²) in [6.07, 6.45) is 2.77. The van der Waals surface area contributed by atoms with Crippen LogP contribution < -0.4 is 5.32 Å². The van der Waals surface area contributed by atoms with Crippen LogP contribution in [0.5, 0.6) is 0 Å². The zero-order chi connectivity index (χ0) is 18.4. The second-order valence-corrected chi connectivity index (χ2v) is 6.96. The molecule has 0 unspecified atom stereocenters. The van der Waals surface area contributed by atoms with E-state index in [0.29, 0.717) is 36.3 Å². The second-order valence-electron chi connectivity index (χ2n) is 5.79. The maximum absolute atomic E-state index is 12.7. The van der Waals surface area contributed by atoms with Gasteiger partial charge in [-0.05, 0) is 37.1 Å². The van der Waals surface area contributed by atoms with Crippen molar-refractivity contribution in [3.8, 4) is 6.07 Å². The van der Waals surface area contributed by atoms with Crippen LogP contribution in [0.1, 0.15) is 29.5 Å². The standard InChI is InChI=1S/C19H19F3N2S/c1-3-13(2)4-5-16-10-15(12-23)14(8-9-24-16)11-17-6-7-18(25-17)19(20,21)22/h3-7,24H,1,8-11H2,2H3/b13-4-,16-5+. The maximum Gasteiger partial charge on any atom is 0.425 e. The van der Waals surface area contributed by atoms with Crippen molar-refractivity contribution in [1.82, 2.24) is 5.32 Å². The van der Waals surface area contributed by atoms with Crippen molar-refractivity contribution in [3.05, 3.63) is 69.1 Å². The molecule has 0 amide bonds. The molecule has 0 saturated carbocycles. The maximum atomic E-state index is 12.7. The number of nitrogens with zero attached hydrogens (tertiary/aromatic N) is 1. The average Bonchev–Trinajstić information content (AvgIpc) is 2.95. The van der Waals surface area contributed by atoms with Crippen LogP contribution in [-0.4, -0.2) is 6.54 Å².